The molecule has 0 aromatic heterocycles. The van der Waals surface area contributed by atoms with Crippen LogP contribution in [0.25, 0.3) is 0 Å². The van der Waals surface area contributed by atoms with Crippen LogP contribution in [0.3, 0.4) is 0 Å². The van der Waals surface area contributed by atoms with Crippen molar-refractivity contribution in [2.45, 2.75) is 44.9 Å². The van der Waals surface area contributed by atoms with Crippen LogP contribution in [0.5, 0.6) is 0 Å². The van der Waals surface area contributed by atoms with Gasteiger partial charge in [-0.3, -0.25) is 0 Å². The van der Waals surface area contributed by atoms with Gasteiger partial charge in [-0.2, -0.15) is 0 Å². The Morgan fingerprint density at radius 1 is 0.938 bits per heavy atom. The van der Waals surface area contributed by atoms with E-state index >= 15 is 0 Å². The minimum absolute atomic E-state index is 0.746. The normalized spacial score (nSPS) is 45.2. The van der Waals surface area contributed by atoms with Crippen LogP contribution in [-0.4, -0.2) is 19.6 Å². The van der Waals surface area contributed by atoms with Gasteiger partial charge in [0, 0.05) is 13.1 Å². The topological polar surface area (TPSA) is 38.0 Å². The predicted molar refractivity (Wildman–Crippen MR) is 67.1 cm³/mol. The van der Waals surface area contributed by atoms with E-state index in [2.05, 4.69) is 5.32 Å². The van der Waals surface area contributed by atoms with Gasteiger partial charge < -0.3 is 11.1 Å². The Bertz CT molecular complexity index is 214. The number of hydrogen-bond donors (Lipinski definition) is 2. The zero-order valence-electron chi connectivity index (χ0n) is 10.4. The van der Waals surface area contributed by atoms with E-state index in [1.807, 2.05) is 0 Å². The highest BCUT2D eigenvalue weighted by Gasteiger charge is 2.50. The van der Waals surface area contributed by atoms with Gasteiger partial charge in [-0.1, -0.05) is 0 Å². The van der Waals surface area contributed by atoms with Crippen molar-refractivity contribution >= 4 is 0 Å². The molecule has 0 amide bonds. The van der Waals surface area contributed by atoms with Gasteiger partial charge in [0.25, 0.3) is 0 Å². The summed E-state index contributed by atoms with van der Waals surface area (Å²) >= 11 is 0. The van der Waals surface area contributed by atoms with Crippen molar-refractivity contribution in [1.82, 2.24) is 5.32 Å². The van der Waals surface area contributed by atoms with Gasteiger partial charge in [0.1, 0.15) is 0 Å². The fourth-order valence-corrected chi connectivity index (χ4v) is 5.18. The molecule has 2 nitrogen and oxygen atoms in total. The lowest BCUT2D eigenvalue weighted by Gasteiger charge is -2.57. The molecule has 16 heavy (non-hydrogen) atoms. The molecule has 0 unspecified atom stereocenters. The highest BCUT2D eigenvalue weighted by Crippen LogP contribution is 2.61. The van der Waals surface area contributed by atoms with E-state index in [1.165, 1.54) is 13.0 Å². The summed E-state index contributed by atoms with van der Waals surface area (Å²) in [4.78, 5) is 0. The molecule has 0 atom stereocenters. The monoisotopic (exact) mass is 222 g/mol. The minimum atomic E-state index is 0.746. The molecule has 0 aliphatic heterocycles. The molecule has 4 bridgehead atoms. The van der Waals surface area contributed by atoms with E-state index in [1.54, 1.807) is 38.5 Å². The lowest BCUT2D eigenvalue weighted by atomic mass is 9.49. The molecular formula is C14H26N2. The first kappa shape index (κ1) is 11.0. The van der Waals surface area contributed by atoms with Gasteiger partial charge in [0.15, 0.2) is 0 Å². The molecule has 2 heteroatoms. The van der Waals surface area contributed by atoms with Crippen molar-refractivity contribution in [3.8, 4) is 0 Å². The first-order chi connectivity index (χ1) is 7.80. The summed E-state index contributed by atoms with van der Waals surface area (Å²) in [6.07, 6.45) is 10.7. The average molecular weight is 222 g/mol. The zero-order chi connectivity index (χ0) is 11.0. The van der Waals surface area contributed by atoms with Crippen LogP contribution in [-0.2, 0) is 0 Å². The van der Waals surface area contributed by atoms with Gasteiger partial charge in [-0.25, -0.2) is 0 Å². The Kier molecular flexibility index (Phi) is 2.97. The number of nitrogens with one attached hydrogen (secondary N) is 1. The van der Waals surface area contributed by atoms with Crippen molar-refractivity contribution in [1.29, 1.82) is 0 Å². The Labute approximate surface area is 99.4 Å². The van der Waals surface area contributed by atoms with Gasteiger partial charge in [-0.15, -0.1) is 0 Å². The Morgan fingerprint density at radius 3 is 2.00 bits per heavy atom. The fourth-order valence-electron chi connectivity index (χ4n) is 5.18. The third-order valence-corrected chi connectivity index (χ3v) is 5.32. The van der Waals surface area contributed by atoms with E-state index < -0.39 is 0 Å². The van der Waals surface area contributed by atoms with Crippen LogP contribution in [0, 0.1) is 23.2 Å². The summed E-state index contributed by atoms with van der Waals surface area (Å²) in [6.45, 7) is 2.97. The van der Waals surface area contributed by atoms with Crippen molar-refractivity contribution < 1.29 is 0 Å². The maximum atomic E-state index is 5.51. The highest BCUT2D eigenvalue weighted by molar-refractivity contribution is 5.01. The molecule has 4 saturated carbocycles. The van der Waals surface area contributed by atoms with Crippen molar-refractivity contribution in [2.75, 3.05) is 19.6 Å². The van der Waals surface area contributed by atoms with Crippen LogP contribution in [0.4, 0.5) is 0 Å². The van der Waals surface area contributed by atoms with E-state index in [0.29, 0.717) is 0 Å². The first-order valence-corrected chi connectivity index (χ1v) is 7.20. The SMILES string of the molecule is NCCNCCC12CC3CC(CC(C3)C1)C2. The number of hydrogen-bond acceptors (Lipinski definition) is 2. The molecule has 4 aliphatic carbocycles. The summed E-state index contributed by atoms with van der Waals surface area (Å²) in [5.74, 6) is 3.29. The summed E-state index contributed by atoms with van der Waals surface area (Å²) in [6, 6.07) is 0. The molecule has 0 radical (unpaired) electrons. The minimum Gasteiger partial charge on any atom is -0.329 e. The van der Waals surface area contributed by atoms with Crippen molar-refractivity contribution in [3.05, 3.63) is 0 Å². The standard InChI is InChI=1S/C14H26N2/c15-2-4-16-3-1-14-8-11-5-12(9-14)7-13(6-11)10-14/h11-13,16H,1-10,15H2. The van der Waals surface area contributed by atoms with Crippen LogP contribution < -0.4 is 11.1 Å². The maximum absolute atomic E-state index is 5.51. The quantitative estimate of drug-likeness (QED) is 0.699. The molecule has 0 aromatic carbocycles. The third-order valence-electron chi connectivity index (χ3n) is 5.32. The largest absolute Gasteiger partial charge is 0.329 e. The molecule has 0 saturated heterocycles. The molecule has 92 valence electrons. The maximum Gasteiger partial charge on any atom is 0.00745 e. The molecule has 4 fully saturated rings. The second-order valence-electron chi connectivity index (χ2n) is 6.71. The Hall–Kier alpha value is -0.0800. The summed E-state index contributed by atoms with van der Waals surface area (Å²) in [5.41, 5.74) is 6.26. The second kappa shape index (κ2) is 4.30. The zero-order valence-corrected chi connectivity index (χ0v) is 10.4. The lowest BCUT2D eigenvalue weighted by Crippen LogP contribution is -2.47. The number of nitrogens with two attached hydrogens (primary N) is 1. The summed E-state index contributed by atoms with van der Waals surface area (Å²) in [7, 11) is 0. The molecule has 4 aliphatic rings. The first-order valence-electron chi connectivity index (χ1n) is 7.20. The molecule has 0 spiro atoms. The average Bonchev–Trinajstić information content (AvgIpc) is 2.22. The van der Waals surface area contributed by atoms with Crippen molar-refractivity contribution in [3.63, 3.8) is 0 Å². The van der Waals surface area contributed by atoms with Crippen LogP contribution in [0.1, 0.15) is 44.9 Å². The summed E-state index contributed by atoms with van der Waals surface area (Å²) in [5, 5.41) is 3.49. The van der Waals surface area contributed by atoms with Crippen molar-refractivity contribution in [2.24, 2.45) is 28.9 Å². The van der Waals surface area contributed by atoms with Gasteiger partial charge in [-0.05, 0) is 74.7 Å². The van der Waals surface area contributed by atoms with Crippen LogP contribution >= 0.6 is 0 Å². The molecule has 0 heterocycles. The van der Waals surface area contributed by atoms with Crippen LogP contribution in [0.15, 0.2) is 0 Å². The molecule has 3 N–H and O–H groups in total. The van der Waals surface area contributed by atoms with Crippen LogP contribution in [0.2, 0.25) is 0 Å². The number of rotatable bonds is 5. The Balaban J connectivity index is 1.56. The van der Waals surface area contributed by atoms with E-state index in [4.69, 9.17) is 5.73 Å². The van der Waals surface area contributed by atoms with E-state index in [9.17, 15) is 0 Å². The van der Waals surface area contributed by atoms with Gasteiger partial charge >= 0.3 is 0 Å². The summed E-state index contributed by atoms with van der Waals surface area (Å²) < 4.78 is 0. The van der Waals surface area contributed by atoms with E-state index in [0.717, 1.165) is 36.3 Å². The van der Waals surface area contributed by atoms with Gasteiger partial charge in [0.2, 0.25) is 0 Å². The molecule has 0 aromatic rings. The molecular weight excluding hydrogens is 196 g/mol. The smallest absolute Gasteiger partial charge is 0.00745 e. The Morgan fingerprint density at radius 2 is 1.50 bits per heavy atom. The second-order valence-corrected chi connectivity index (χ2v) is 6.71. The van der Waals surface area contributed by atoms with E-state index in [-0.39, 0.29) is 0 Å². The lowest BCUT2D eigenvalue weighted by molar-refractivity contribution is -0.0566. The third kappa shape index (κ3) is 2.02. The fraction of sp³-hybridized carbons (Fsp3) is 1.00. The highest BCUT2D eigenvalue weighted by atomic mass is 14.9. The molecule has 4 rings (SSSR count). The predicted octanol–water partition coefficient (Wildman–Crippen LogP) is 2.14. The van der Waals surface area contributed by atoms with Gasteiger partial charge in [0.05, 0.1) is 0 Å².